The van der Waals surface area contributed by atoms with Crippen molar-refractivity contribution in [2.75, 3.05) is 16.8 Å². The van der Waals surface area contributed by atoms with Crippen molar-refractivity contribution in [3.05, 3.63) is 85.8 Å². The highest BCUT2D eigenvalue weighted by Crippen LogP contribution is 2.35. The van der Waals surface area contributed by atoms with Crippen molar-refractivity contribution >= 4 is 84.7 Å². The Morgan fingerprint density at radius 3 is 2.41 bits per heavy atom. The van der Waals surface area contributed by atoms with Gasteiger partial charge in [0, 0.05) is 20.7 Å². The number of ether oxygens (including phenoxy) is 1. The van der Waals surface area contributed by atoms with Gasteiger partial charge < -0.3 is 15.2 Å². The summed E-state index contributed by atoms with van der Waals surface area (Å²) in [4.78, 5) is 51.4. The maximum atomic E-state index is 13.2. The smallest absolute Gasteiger partial charge is 0.335 e. The largest absolute Gasteiger partial charge is 0.508 e. The third-order valence-electron chi connectivity index (χ3n) is 5.02. The number of imide groups is 2. The van der Waals surface area contributed by atoms with Crippen LogP contribution in [0.4, 0.5) is 16.2 Å². The molecule has 4 rings (SSSR count). The number of urea groups is 1. The lowest BCUT2D eigenvalue weighted by Crippen LogP contribution is -2.54. The molecular formula is C25H16Br2ClN3O6. The van der Waals surface area contributed by atoms with Crippen molar-refractivity contribution < 1.29 is 29.0 Å². The molecular weight excluding hydrogens is 634 g/mol. The number of phenols is 1. The Morgan fingerprint density at radius 1 is 1.05 bits per heavy atom. The predicted octanol–water partition coefficient (Wildman–Crippen LogP) is 5.25. The number of halogens is 3. The molecule has 0 aromatic heterocycles. The molecule has 0 aliphatic carbocycles. The Hall–Kier alpha value is -3.67. The molecule has 1 aliphatic rings. The number of carbonyl (C=O) groups is 4. The molecule has 9 nitrogen and oxygen atoms in total. The number of nitrogens with one attached hydrogen (secondary N) is 2. The van der Waals surface area contributed by atoms with E-state index in [0.29, 0.717) is 25.2 Å². The average Bonchev–Trinajstić information content (AvgIpc) is 2.83. The molecule has 0 radical (unpaired) electrons. The van der Waals surface area contributed by atoms with E-state index in [-0.39, 0.29) is 29.4 Å². The summed E-state index contributed by atoms with van der Waals surface area (Å²) in [6, 6.07) is 14.2. The summed E-state index contributed by atoms with van der Waals surface area (Å²) in [6.07, 6.45) is 1.26. The zero-order chi connectivity index (χ0) is 26.7. The number of nitrogens with zero attached hydrogens (tertiary/aromatic N) is 1. The Kier molecular flexibility index (Phi) is 7.96. The Bertz CT molecular complexity index is 1440. The molecule has 0 unspecified atom stereocenters. The second-order valence-electron chi connectivity index (χ2n) is 7.62. The highest BCUT2D eigenvalue weighted by atomic mass is 79.9. The normalized spacial score (nSPS) is 14.5. The number of hydrogen-bond acceptors (Lipinski definition) is 6. The van der Waals surface area contributed by atoms with E-state index in [2.05, 4.69) is 42.5 Å². The van der Waals surface area contributed by atoms with Crippen LogP contribution >= 0.6 is 43.5 Å². The van der Waals surface area contributed by atoms with Gasteiger partial charge in [-0.1, -0.05) is 27.5 Å². The second kappa shape index (κ2) is 11.2. The van der Waals surface area contributed by atoms with Gasteiger partial charge in [-0.15, -0.1) is 0 Å². The van der Waals surface area contributed by atoms with Gasteiger partial charge in [0.2, 0.25) is 0 Å². The first kappa shape index (κ1) is 26.4. The number of benzene rings is 3. The fourth-order valence-corrected chi connectivity index (χ4v) is 4.86. The fraction of sp³-hybridized carbons (Fsp3) is 0.0400. The number of amides is 5. The van der Waals surface area contributed by atoms with E-state index in [1.54, 1.807) is 36.4 Å². The van der Waals surface area contributed by atoms with Crippen LogP contribution in [0.1, 0.15) is 5.56 Å². The van der Waals surface area contributed by atoms with Gasteiger partial charge >= 0.3 is 6.03 Å². The molecule has 3 aromatic carbocycles. The summed E-state index contributed by atoms with van der Waals surface area (Å²) in [6.45, 7) is -0.378. The standard InChI is InChI=1S/C25H16Br2ClN3O6/c26-14-9-13(22(20(27)11-14)37-12-21(33)29-16-3-1-15(28)2-4-16)10-19-23(34)30-25(36)31(24(19)35)17-5-7-18(32)8-6-17/h1-11,32H,12H2,(H,29,33)(H,30,34,36)/b19-10-. The first-order valence-electron chi connectivity index (χ1n) is 10.5. The quantitative estimate of drug-likeness (QED) is 0.248. The van der Waals surface area contributed by atoms with Gasteiger partial charge in [0.25, 0.3) is 17.7 Å². The van der Waals surface area contributed by atoms with Gasteiger partial charge in [0.05, 0.1) is 10.2 Å². The second-order valence-corrected chi connectivity index (χ2v) is 9.83. The van der Waals surface area contributed by atoms with Gasteiger partial charge in [-0.2, -0.15) is 0 Å². The lowest BCUT2D eigenvalue weighted by atomic mass is 10.1. The number of hydrogen-bond donors (Lipinski definition) is 3. The van der Waals surface area contributed by atoms with Gasteiger partial charge in [-0.05, 0) is 82.7 Å². The predicted molar refractivity (Wildman–Crippen MR) is 145 cm³/mol. The van der Waals surface area contributed by atoms with Crippen molar-refractivity contribution in [1.29, 1.82) is 0 Å². The summed E-state index contributed by atoms with van der Waals surface area (Å²) < 4.78 is 6.78. The Labute approximate surface area is 232 Å². The highest BCUT2D eigenvalue weighted by molar-refractivity contribution is 9.11. The fourth-order valence-electron chi connectivity index (χ4n) is 3.36. The highest BCUT2D eigenvalue weighted by Gasteiger charge is 2.37. The van der Waals surface area contributed by atoms with E-state index in [4.69, 9.17) is 16.3 Å². The van der Waals surface area contributed by atoms with E-state index >= 15 is 0 Å². The topological polar surface area (TPSA) is 125 Å². The van der Waals surface area contributed by atoms with Crippen molar-refractivity contribution in [2.24, 2.45) is 0 Å². The molecule has 3 N–H and O–H groups in total. The van der Waals surface area contributed by atoms with Crippen LogP contribution in [0, 0.1) is 0 Å². The molecule has 0 spiro atoms. The summed E-state index contributed by atoms with van der Waals surface area (Å²) in [5.74, 6) is -2.09. The van der Waals surface area contributed by atoms with Crippen LogP contribution in [0.3, 0.4) is 0 Å². The lowest BCUT2D eigenvalue weighted by molar-refractivity contribution is -0.122. The minimum absolute atomic E-state index is 0.0543. The molecule has 1 saturated heterocycles. The van der Waals surface area contributed by atoms with E-state index in [1.165, 1.54) is 30.3 Å². The number of barbiturate groups is 1. The Morgan fingerprint density at radius 2 is 1.73 bits per heavy atom. The number of anilines is 2. The van der Waals surface area contributed by atoms with Crippen LogP contribution in [-0.4, -0.2) is 35.5 Å². The number of carbonyl (C=O) groups excluding carboxylic acids is 4. The summed E-state index contributed by atoms with van der Waals surface area (Å²) in [7, 11) is 0. The third kappa shape index (κ3) is 6.19. The monoisotopic (exact) mass is 647 g/mol. The number of rotatable bonds is 6. The summed E-state index contributed by atoms with van der Waals surface area (Å²) >= 11 is 12.6. The lowest BCUT2D eigenvalue weighted by Gasteiger charge is -2.26. The molecule has 1 fully saturated rings. The van der Waals surface area contributed by atoms with Crippen LogP contribution in [0.2, 0.25) is 5.02 Å². The Balaban J connectivity index is 1.61. The summed E-state index contributed by atoms with van der Waals surface area (Å²) in [5, 5.41) is 14.8. The van der Waals surface area contributed by atoms with Crippen LogP contribution in [0.5, 0.6) is 11.5 Å². The van der Waals surface area contributed by atoms with E-state index in [1.807, 2.05) is 0 Å². The van der Waals surface area contributed by atoms with Crippen LogP contribution < -0.4 is 20.3 Å². The van der Waals surface area contributed by atoms with Crippen LogP contribution in [-0.2, 0) is 14.4 Å². The van der Waals surface area contributed by atoms with Crippen LogP contribution in [0.15, 0.2) is 75.2 Å². The third-order valence-corrected chi connectivity index (χ3v) is 6.32. The molecule has 1 aliphatic heterocycles. The number of phenolic OH excluding ortho intramolecular Hbond substituents is 1. The molecule has 37 heavy (non-hydrogen) atoms. The molecule has 0 bridgehead atoms. The molecule has 12 heteroatoms. The average molecular weight is 650 g/mol. The molecule has 1 heterocycles. The molecule has 3 aromatic rings. The van der Waals surface area contributed by atoms with Gasteiger partial charge in [-0.25, -0.2) is 9.69 Å². The SMILES string of the molecule is O=C(COc1c(Br)cc(Br)cc1/C=C1/C(=O)NC(=O)N(c2ccc(O)cc2)C1=O)Nc1ccc(Cl)cc1. The first-order valence-corrected chi connectivity index (χ1v) is 12.5. The van der Waals surface area contributed by atoms with Crippen molar-refractivity contribution in [3.63, 3.8) is 0 Å². The first-order chi connectivity index (χ1) is 17.6. The molecule has 188 valence electrons. The van der Waals surface area contributed by atoms with Crippen LogP contribution in [0.25, 0.3) is 6.08 Å². The van der Waals surface area contributed by atoms with Crippen molar-refractivity contribution in [1.82, 2.24) is 5.32 Å². The molecule has 0 atom stereocenters. The zero-order valence-electron chi connectivity index (χ0n) is 18.6. The van der Waals surface area contributed by atoms with E-state index < -0.39 is 23.8 Å². The van der Waals surface area contributed by atoms with Gasteiger partial charge in [-0.3, -0.25) is 19.7 Å². The minimum Gasteiger partial charge on any atom is -0.508 e. The molecule has 5 amide bonds. The maximum Gasteiger partial charge on any atom is 0.335 e. The minimum atomic E-state index is -0.927. The number of aromatic hydroxyl groups is 1. The van der Waals surface area contributed by atoms with Gasteiger partial charge in [0.1, 0.15) is 17.1 Å². The van der Waals surface area contributed by atoms with Crippen molar-refractivity contribution in [3.8, 4) is 11.5 Å². The zero-order valence-corrected chi connectivity index (χ0v) is 22.6. The molecule has 0 saturated carbocycles. The van der Waals surface area contributed by atoms with E-state index in [9.17, 15) is 24.3 Å². The van der Waals surface area contributed by atoms with Crippen molar-refractivity contribution in [2.45, 2.75) is 0 Å². The maximum absolute atomic E-state index is 13.2. The summed E-state index contributed by atoms with van der Waals surface area (Å²) in [5.41, 5.74) is 0.635. The van der Waals surface area contributed by atoms with Gasteiger partial charge in [0.15, 0.2) is 6.61 Å². The van der Waals surface area contributed by atoms with E-state index in [0.717, 1.165) is 4.90 Å².